The van der Waals surface area contributed by atoms with Crippen molar-refractivity contribution in [2.24, 2.45) is 5.41 Å². The van der Waals surface area contributed by atoms with Gasteiger partial charge < -0.3 is 9.64 Å². The molecule has 2 aromatic carbocycles. The molecule has 1 N–H and O–H groups in total. The Hall–Kier alpha value is -2.50. The van der Waals surface area contributed by atoms with Crippen LogP contribution in [0, 0.1) is 22.9 Å². The Bertz CT molecular complexity index is 1270. The molecule has 36 heavy (non-hydrogen) atoms. The van der Waals surface area contributed by atoms with Crippen molar-refractivity contribution in [1.29, 1.82) is 0 Å². The van der Waals surface area contributed by atoms with Gasteiger partial charge >= 0.3 is 0 Å². The topological polar surface area (TPSA) is 75.7 Å². The molecule has 2 saturated heterocycles. The molecule has 11 heteroatoms. The van der Waals surface area contributed by atoms with Crippen LogP contribution in [-0.2, 0) is 26.0 Å². The number of rotatable bonds is 7. The average molecular weight is 527 g/mol. The molecule has 0 radical (unpaired) electrons. The molecule has 3 aliphatic rings. The van der Waals surface area contributed by atoms with E-state index < -0.39 is 56.6 Å². The summed E-state index contributed by atoms with van der Waals surface area (Å²) >= 11 is 0. The number of hydrogen-bond donors (Lipinski definition) is 1. The Morgan fingerprint density at radius 2 is 1.86 bits per heavy atom. The van der Waals surface area contributed by atoms with E-state index in [4.69, 9.17) is 4.74 Å². The molecule has 1 saturated carbocycles. The van der Waals surface area contributed by atoms with E-state index >= 15 is 4.39 Å². The van der Waals surface area contributed by atoms with Crippen molar-refractivity contribution in [2.75, 3.05) is 13.2 Å². The highest BCUT2D eigenvalue weighted by Crippen LogP contribution is 2.56. The van der Waals surface area contributed by atoms with Crippen LogP contribution < -0.4 is 4.72 Å². The number of likely N-dealkylation sites (tertiary alicyclic amines) is 1. The van der Waals surface area contributed by atoms with Gasteiger partial charge in [-0.2, -0.15) is 0 Å². The molecule has 0 bridgehead atoms. The first-order valence-corrected chi connectivity index (χ1v) is 13.4. The zero-order chi connectivity index (χ0) is 25.8. The SMILES string of the molecule is C[C@@H](F)S(=O)(=O)N[C@@H]1[C@H](Cc2cccc(-c3cc(F)cc(F)c3)c2F)N(C(=O)[C@H]2CCO2)CC12CC2. The van der Waals surface area contributed by atoms with Crippen molar-refractivity contribution in [3.63, 3.8) is 0 Å². The fourth-order valence-corrected chi connectivity index (χ4v) is 6.18. The number of ether oxygens (including phenoxy) is 1. The summed E-state index contributed by atoms with van der Waals surface area (Å²) in [6, 6.07) is 5.51. The Morgan fingerprint density at radius 3 is 2.42 bits per heavy atom. The lowest BCUT2D eigenvalue weighted by atomic mass is 9.91. The van der Waals surface area contributed by atoms with Crippen molar-refractivity contribution in [3.8, 4) is 11.1 Å². The summed E-state index contributed by atoms with van der Waals surface area (Å²) in [6.07, 6.45) is 1.08. The Morgan fingerprint density at radius 1 is 1.19 bits per heavy atom. The van der Waals surface area contributed by atoms with E-state index in [1.54, 1.807) is 0 Å². The zero-order valence-corrected chi connectivity index (χ0v) is 20.3. The second kappa shape index (κ2) is 9.11. The van der Waals surface area contributed by atoms with Gasteiger partial charge in [-0.1, -0.05) is 18.2 Å². The second-order valence-electron chi connectivity index (χ2n) is 9.87. The zero-order valence-electron chi connectivity index (χ0n) is 19.5. The highest BCUT2D eigenvalue weighted by molar-refractivity contribution is 7.89. The maximum atomic E-state index is 15.7. The minimum Gasteiger partial charge on any atom is -0.368 e. The number of carbonyl (C=O) groups is 1. The van der Waals surface area contributed by atoms with Crippen LogP contribution in [0.15, 0.2) is 36.4 Å². The van der Waals surface area contributed by atoms with Crippen molar-refractivity contribution >= 4 is 15.9 Å². The number of sulfonamides is 1. The van der Waals surface area contributed by atoms with Gasteiger partial charge in [-0.15, -0.1) is 0 Å². The van der Waals surface area contributed by atoms with E-state index in [0.29, 0.717) is 31.9 Å². The number of benzene rings is 2. The molecular formula is C25H26F4N2O4S. The van der Waals surface area contributed by atoms with Gasteiger partial charge in [-0.25, -0.2) is 30.7 Å². The van der Waals surface area contributed by atoms with Gasteiger partial charge in [0, 0.05) is 36.1 Å². The van der Waals surface area contributed by atoms with E-state index in [1.165, 1.54) is 23.1 Å². The standard InChI is InChI=1S/C25H26F4N2O4S/c1-14(26)36(33,34)30-23-20(31(13-25(23)6-7-25)24(32)21-5-8-35-21)11-15-3-2-4-19(22(15)29)16-9-17(27)12-18(28)10-16/h2-4,9-10,12,14,20-21,23,30H,5-8,11,13H2,1H3/t14-,20-,21+,23+/m0/s1. The number of halogens is 4. The van der Waals surface area contributed by atoms with Gasteiger partial charge in [0.2, 0.25) is 15.5 Å². The summed E-state index contributed by atoms with van der Waals surface area (Å²) in [5.74, 6) is -2.75. The van der Waals surface area contributed by atoms with E-state index in [-0.39, 0.29) is 35.6 Å². The fourth-order valence-electron chi connectivity index (χ4n) is 5.23. The van der Waals surface area contributed by atoms with Gasteiger partial charge in [0.05, 0.1) is 12.6 Å². The van der Waals surface area contributed by atoms with Gasteiger partial charge in [-0.3, -0.25) is 4.79 Å². The van der Waals surface area contributed by atoms with Gasteiger partial charge in [0.15, 0.2) is 0 Å². The Balaban J connectivity index is 1.52. The normalized spacial score (nSPS) is 25.6. The number of nitrogens with zero attached hydrogens (tertiary/aromatic N) is 1. The predicted octanol–water partition coefficient (Wildman–Crippen LogP) is 3.70. The molecule has 5 rings (SSSR count). The number of carbonyl (C=O) groups excluding carboxylic acids is 1. The van der Waals surface area contributed by atoms with Crippen LogP contribution in [0.2, 0.25) is 0 Å². The molecule has 2 heterocycles. The minimum absolute atomic E-state index is 0.0104. The van der Waals surface area contributed by atoms with Crippen LogP contribution in [-0.4, -0.2) is 56.1 Å². The molecule has 2 aromatic rings. The van der Waals surface area contributed by atoms with Crippen molar-refractivity contribution in [3.05, 3.63) is 59.4 Å². The molecule has 1 aliphatic carbocycles. The maximum absolute atomic E-state index is 15.7. The van der Waals surface area contributed by atoms with Gasteiger partial charge in [0.1, 0.15) is 23.6 Å². The first-order valence-electron chi connectivity index (χ1n) is 11.8. The number of amides is 1. The van der Waals surface area contributed by atoms with Crippen LogP contribution in [0.5, 0.6) is 0 Å². The first kappa shape index (κ1) is 25.2. The molecule has 1 spiro atoms. The molecule has 0 aromatic heterocycles. The average Bonchev–Trinajstić information content (AvgIpc) is 3.48. The molecule has 0 unspecified atom stereocenters. The molecule has 4 atom stereocenters. The van der Waals surface area contributed by atoms with E-state index in [1.807, 2.05) is 0 Å². The van der Waals surface area contributed by atoms with E-state index in [9.17, 15) is 26.4 Å². The van der Waals surface area contributed by atoms with E-state index in [2.05, 4.69) is 4.72 Å². The minimum atomic E-state index is -4.33. The number of nitrogens with one attached hydrogen (secondary N) is 1. The Kier molecular flexibility index (Phi) is 6.37. The largest absolute Gasteiger partial charge is 0.368 e. The summed E-state index contributed by atoms with van der Waals surface area (Å²) in [6.45, 7) is 1.61. The highest BCUT2D eigenvalue weighted by Gasteiger charge is 2.62. The van der Waals surface area contributed by atoms with Crippen LogP contribution in [0.1, 0.15) is 31.7 Å². The monoisotopic (exact) mass is 526 g/mol. The van der Waals surface area contributed by atoms with Crippen molar-refractivity contribution in [2.45, 2.75) is 56.3 Å². The third-order valence-corrected chi connectivity index (χ3v) is 8.92. The number of hydrogen-bond acceptors (Lipinski definition) is 4. The molecule has 194 valence electrons. The summed E-state index contributed by atoms with van der Waals surface area (Å²) < 4.78 is 89.9. The van der Waals surface area contributed by atoms with Crippen LogP contribution >= 0.6 is 0 Å². The summed E-state index contributed by atoms with van der Waals surface area (Å²) in [5, 5.41) is 0. The van der Waals surface area contributed by atoms with E-state index in [0.717, 1.165) is 19.1 Å². The number of alkyl halides is 1. The summed E-state index contributed by atoms with van der Waals surface area (Å²) in [7, 11) is -4.33. The summed E-state index contributed by atoms with van der Waals surface area (Å²) in [5.41, 5.74) is -2.61. The van der Waals surface area contributed by atoms with Crippen molar-refractivity contribution < 1.29 is 35.5 Å². The highest BCUT2D eigenvalue weighted by atomic mass is 32.2. The molecular weight excluding hydrogens is 500 g/mol. The second-order valence-corrected chi connectivity index (χ2v) is 11.8. The van der Waals surface area contributed by atoms with Gasteiger partial charge in [0.25, 0.3) is 5.91 Å². The van der Waals surface area contributed by atoms with Crippen LogP contribution in [0.4, 0.5) is 17.6 Å². The predicted molar refractivity (Wildman–Crippen MR) is 123 cm³/mol. The lowest BCUT2D eigenvalue weighted by Crippen LogP contribution is -2.53. The smallest absolute Gasteiger partial charge is 0.252 e. The van der Waals surface area contributed by atoms with Crippen LogP contribution in [0.25, 0.3) is 11.1 Å². The van der Waals surface area contributed by atoms with Crippen LogP contribution in [0.3, 0.4) is 0 Å². The van der Waals surface area contributed by atoms with Gasteiger partial charge in [-0.05, 0) is 49.4 Å². The Labute approximate surface area is 206 Å². The summed E-state index contributed by atoms with van der Waals surface area (Å²) in [4.78, 5) is 14.7. The first-order chi connectivity index (χ1) is 17.0. The lowest BCUT2D eigenvalue weighted by Gasteiger charge is -2.34. The molecule has 3 fully saturated rings. The molecule has 2 aliphatic heterocycles. The maximum Gasteiger partial charge on any atom is 0.252 e. The van der Waals surface area contributed by atoms with Crippen molar-refractivity contribution in [1.82, 2.24) is 9.62 Å². The quantitative estimate of drug-likeness (QED) is 0.559. The third kappa shape index (κ3) is 4.52. The molecule has 6 nitrogen and oxygen atoms in total. The lowest BCUT2D eigenvalue weighted by molar-refractivity contribution is -0.157. The fraction of sp³-hybridized carbons (Fsp3) is 0.480. The molecule has 1 amide bonds. The third-order valence-electron chi connectivity index (χ3n) is 7.48.